The average Bonchev–Trinajstić information content (AvgIpc) is 1.52. The molecule has 31 nitrogen and oxygen atoms in total. The van der Waals surface area contributed by atoms with E-state index in [1.807, 2.05) is 0 Å². The summed E-state index contributed by atoms with van der Waals surface area (Å²) in [5.74, 6) is -11.5. The molecule has 4 aromatic heterocycles. The maximum absolute atomic E-state index is 15.3. The summed E-state index contributed by atoms with van der Waals surface area (Å²) in [5, 5.41) is 40.8. The summed E-state index contributed by atoms with van der Waals surface area (Å²) in [5.41, 5.74) is 13.7. The van der Waals surface area contributed by atoms with Crippen LogP contribution < -0.4 is 58.7 Å². The van der Waals surface area contributed by atoms with Crippen molar-refractivity contribution in [2.45, 2.75) is 151 Å². The lowest BCUT2D eigenvalue weighted by Gasteiger charge is -2.37. The molecule has 0 unspecified atom stereocenters. The lowest BCUT2D eigenvalue weighted by Crippen LogP contribution is -2.63. The summed E-state index contributed by atoms with van der Waals surface area (Å²) >= 11 is 0. The second kappa shape index (κ2) is 33.7. The van der Waals surface area contributed by atoms with E-state index in [4.69, 9.17) is 16.2 Å². The number of carbonyl (C=O) groups excluding carboxylic acids is 10. The Labute approximate surface area is 593 Å². The van der Waals surface area contributed by atoms with Crippen molar-refractivity contribution in [2.24, 2.45) is 11.5 Å². The van der Waals surface area contributed by atoms with Crippen molar-refractivity contribution < 1.29 is 71.4 Å². The van der Waals surface area contributed by atoms with Gasteiger partial charge in [0, 0.05) is 97.6 Å². The van der Waals surface area contributed by atoms with Gasteiger partial charge in [-0.3, -0.25) is 52.7 Å². The average molecular weight is 1430 g/mol. The van der Waals surface area contributed by atoms with E-state index in [1.165, 1.54) is 85.8 Å². The first-order valence-electron chi connectivity index (χ1n) is 33.9. The molecule has 8 aromatic rings. The maximum atomic E-state index is 15.3. The number of halogens is 2. The number of fused-ring (bicyclic) bond motifs is 30. The summed E-state index contributed by atoms with van der Waals surface area (Å²) in [7, 11) is 1.46. The number of ether oxygens (including phenoxy) is 1. The molecule has 1 saturated heterocycles. The van der Waals surface area contributed by atoms with Crippen molar-refractivity contribution in [1.29, 1.82) is 0 Å². The first-order valence-corrected chi connectivity index (χ1v) is 33.9. The van der Waals surface area contributed by atoms with Crippen molar-refractivity contribution in [2.75, 3.05) is 20.2 Å². The Kier molecular flexibility index (Phi) is 24.2. The topological polar surface area (TPSA) is 460 Å². The van der Waals surface area contributed by atoms with Crippen LogP contribution in [0.4, 0.5) is 8.78 Å². The molecule has 4 aromatic carbocycles. The van der Waals surface area contributed by atoms with Crippen LogP contribution in [0.15, 0.2) is 116 Å². The first kappa shape index (κ1) is 74.8. The van der Waals surface area contributed by atoms with Crippen molar-refractivity contribution in [3.63, 3.8) is 0 Å². The van der Waals surface area contributed by atoms with Crippen molar-refractivity contribution in [1.82, 2.24) is 82.4 Å². The van der Waals surface area contributed by atoms with E-state index in [0.717, 1.165) is 6.07 Å². The number of hydrogen-bond donors (Lipinski definition) is 14. The number of primary amides is 1. The number of methoxy groups -OCH3 is 1. The molecule has 0 saturated carbocycles. The largest absolute Gasteiger partial charge is 0.497 e. The quantitative estimate of drug-likeness (QED) is 0.0475. The number of amides is 10. The molecule has 9 atom stereocenters. The lowest BCUT2D eigenvalue weighted by atomic mass is 9.94. The fourth-order valence-corrected chi connectivity index (χ4v) is 12.8. The van der Waals surface area contributed by atoms with Crippen LogP contribution in [0.2, 0.25) is 0 Å². The van der Waals surface area contributed by atoms with Gasteiger partial charge in [0.15, 0.2) is 0 Å². The van der Waals surface area contributed by atoms with Crippen molar-refractivity contribution >= 4 is 86.8 Å². The monoisotopic (exact) mass is 1430 g/mol. The molecule has 548 valence electrons. The predicted octanol–water partition coefficient (Wildman–Crippen LogP) is 1.07. The number of aromatic amines is 3. The molecule has 16 N–H and O–H groups in total. The maximum Gasteiger partial charge on any atom is 0.305 e. The van der Waals surface area contributed by atoms with Gasteiger partial charge in [0.05, 0.1) is 37.4 Å². The highest BCUT2D eigenvalue weighted by Crippen LogP contribution is 2.32. The van der Waals surface area contributed by atoms with E-state index in [-0.39, 0.29) is 75.7 Å². The zero-order valence-electron chi connectivity index (χ0n) is 57.2. The molecule has 7 heterocycles. The Morgan fingerprint density at radius 3 is 1.95 bits per heavy atom. The molecule has 1 fully saturated rings. The molecule has 3 aliphatic rings. The Bertz CT molecular complexity index is 4470. The van der Waals surface area contributed by atoms with Crippen LogP contribution in [-0.2, 0) is 91.3 Å². The number of carbonyl (C=O) groups is 11. The van der Waals surface area contributed by atoms with Crippen molar-refractivity contribution in [3.8, 4) is 11.4 Å². The van der Waals surface area contributed by atoms with Crippen LogP contribution in [0.3, 0.4) is 0 Å². The van der Waals surface area contributed by atoms with Gasteiger partial charge in [-0.1, -0.05) is 29.5 Å². The Balaban J connectivity index is 1.01. The number of rotatable bonds is 16. The van der Waals surface area contributed by atoms with Crippen LogP contribution in [-0.4, -0.2) is 184 Å². The molecular formula is C71H82F2N18O13. The van der Waals surface area contributed by atoms with Gasteiger partial charge in [-0.25, -0.2) is 18.4 Å². The Morgan fingerprint density at radius 2 is 1.29 bits per heavy atom. The third-order valence-corrected chi connectivity index (χ3v) is 18.6. The van der Waals surface area contributed by atoms with Gasteiger partial charge < -0.3 is 83.7 Å². The van der Waals surface area contributed by atoms with Gasteiger partial charge in [0.2, 0.25) is 59.1 Å². The third-order valence-electron chi connectivity index (χ3n) is 18.6. The van der Waals surface area contributed by atoms with Gasteiger partial charge in [0.25, 0.3) is 0 Å². The number of nitrogens with two attached hydrogens (primary N) is 2. The first-order chi connectivity index (χ1) is 49.8. The number of nitrogens with one attached hydrogen (secondary N) is 11. The van der Waals surface area contributed by atoms with E-state index in [9.17, 15) is 47.4 Å². The summed E-state index contributed by atoms with van der Waals surface area (Å²) in [6.45, 7) is 3.12. The number of carboxylic acid groups (broad SMARTS) is 1. The normalized spacial score (nSPS) is 22.6. The zero-order valence-corrected chi connectivity index (χ0v) is 57.2. The van der Waals surface area contributed by atoms with Crippen LogP contribution in [0.5, 0.6) is 5.75 Å². The van der Waals surface area contributed by atoms with Gasteiger partial charge >= 0.3 is 5.97 Å². The summed E-state index contributed by atoms with van der Waals surface area (Å²) in [6.07, 6.45) is 5.82. The number of aromatic nitrogens is 7. The summed E-state index contributed by atoms with van der Waals surface area (Å²) < 4.78 is 36.4. The highest BCUT2D eigenvalue weighted by Gasteiger charge is 2.49. The SMILES string of the molecule is COc1ccc(C[C@@H]2NC(=O)[C@H](Cc3cnc[nH]3)NC(=O)[C@H](CC(=O)O)NC(=O)[C@H](Cc3c[nH]c4cc(F)ccc34)NC(=O)[C@H](Cc3c[nH]c4ccc(F)cc34)NC(=O)[C@@H](C)NC(=O)[C@H](CCCCN)NC(=O)CCc3cn(nn3)-c3ccc(cc3)C[C@@H](C(N)=O)NC(=O)[C@]3(C)CCCN3C2=O)cc1. The predicted molar refractivity (Wildman–Crippen MR) is 371 cm³/mol. The zero-order chi connectivity index (χ0) is 74.4. The van der Waals surface area contributed by atoms with E-state index < -0.39 is 143 Å². The number of unbranched alkanes of at least 4 members (excludes halogenated alkanes) is 1. The number of aliphatic carboxylic acids is 1. The minimum Gasteiger partial charge on any atom is -0.497 e. The summed E-state index contributed by atoms with van der Waals surface area (Å²) in [6, 6.07) is 8.33. The van der Waals surface area contributed by atoms with Gasteiger partial charge in [-0.05, 0) is 135 Å². The van der Waals surface area contributed by atoms with Crippen LogP contribution in [0, 0.1) is 11.6 Å². The third kappa shape index (κ3) is 18.8. The van der Waals surface area contributed by atoms with E-state index >= 15 is 19.2 Å². The second-order valence-corrected chi connectivity index (χ2v) is 26.1. The number of imidazole rings is 1. The smallest absolute Gasteiger partial charge is 0.305 e. The molecule has 4 bridgehead atoms. The fourth-order valence-electron chi connectivity index (χ4n) is 12.8. The molecular weight excluding hydrogens is 1350 g/mol. The van der Waals surface area contributed by atoms with Crippen LogP contribution in [0.25, 0.3) is 27.5 Å². The van der Waals surface area contributed by atoms with Gasteiger partial charge in [-0.2, -0.15) is 0 Å². The standard InChI is InChI=1S/C71H82F2N18O13/c1-38-63(96)82-55(28-42-34-77-51-20-13-43(72)29-50(42)51)65(98)83-56(27-41-33-78-53-30-44(73)12-19-49(41)53)66(99)85-58(32-61(93)94)68(101)84-57(31-46-35-76-37-79-46)67(100)86-59(26-40-10-17-48(104-3)18-11-40)69(102)90-24-6-22-71(90,2)70(103)87-54(62(75)95)25-39-8-15-47(16-9-39)91-36-45(88-89-91)14-21-60(92)81-52(64(97)80-38)7-4-5-23-74/h8-13,15-20,29-30,33-38,52,54-59,77-78H,4-7,14,21-28,31-32,74H2,1-3H3,(H2,75,95)(H,76,79)(H,80,97)(H,81,92)(H,82,96)(H,83,98)(H,84,101)(H,85,99)(H,86,100)(H,87,103)(H,93,94)/t38-,52+,54+,55+,56+,57+,58+,59+,71+/m1/s1. The number of hydrogen-bond acceptors (Lipinski definition) is 16. The number of benzene rings is 4. The van der Waals surface area contributed by atoms with Crippen LogP contribution in [0.1, 0.15) is 92.4 Å². The second-order valence-electron chi connectivity index (χ2n) is 26.1. The van der Waals surface area contributed by atoms with Gasteiger partial charge in [0.1, 0.15) is 71.3 Å². The molecule has 33 heteroatoms. The number of carboxylic acids is 1. The minimum atomic E-state index is -2.04. The molecule has 0 radical (unpaired) electrons. The Hall–Kier alpha value is -11.9. The number of H-pyrrole nitrogens is 3. The minimum absolute atomic E-state index is 0.0111. The van der Waals surface area contributed by atoms with Crippen molar-refractivity contribution in [3.05, 3.63) is 161 Å². The van der Waals surface area contributed by atoms with Crippen LogP contribution >= 0.6 is 0 Å². The van der Waals surface area contributed by atoms with E-state index in [0.29, 0.717) is 74.9 Å². The summed E-state index contributed by atoms with van der Waals surface area (Å²) in [4.78, 5) is 173. The molecule has 11 rings (SSSR count). The molecule has 104 heavy (non-hydrogen) atoms. The van der Waals surface area contributed by atoms with E-state index in [1.54, 1.807) is 54.7 Å². The molecule has 0 spiro atoms. The number of nitrogens with zero attached hydrogens (tertiary/aromatic N) is 5. The molecule has 10 amide bonds. The Morgan fingerprint density at radius 1 is 0.663 bits per heavy atom. The van der Waals surface area contributed by atoms with Gasteiger partial charge in [-0.15, -0.1) is 5.10 Å². The number of aryl methyl sites for hydroxylation is 1. The fraction of sp³-hybridized carbons (Fsp3) is 0.380. The highest BCUT2D eigenvalue weighted by atomic mass is 19.1. The molecule has 3 aliphatic heterocycles. The van der Waals surface area contributed by atoms with E-state index in [2.05, 4.69) is 72.8 Å². The molecule has 0 aliphatic carbocycles. The highest BCUT2D eigenvalue weighted by molar-refractivity contribution is 6.01. The lowest BCUT2D eigenvalue weighted by molar-refractivity contribution is -0.147.